The molecular formula is C16H20N2O3. The van der Waals surface area contributed by atoms with Crippen LogP contribution in [0, 0.1) is 6.92 Å². The third kappa shape index (κ3) is 2.55. The van der Waals surface area contributed by atoms with E-state index in [1.807, 2.05) is 19.9 Å². The summed E-state index contributed by atoms with van der Waals surface area (Å²) in [4.78, 5) is 24.5. The molecule has 5 nitrogen and oxygen atoms in total. The molecule has 2 aromatic heterocycles. The molecule has 0 aromatic carbocycles. The molecule has 0 spiro atoms. The van der Waals surface area contributed by atoms with Crippen molar-refractivity contribution in [2.45, 2.75) is 40.5 Å². The van der Waals surface area contributed by atoms with Gasteiger partial charge in [-0.05, 0) is 32.4 Å². The van der Waals surface area contributed by atoms with Crippen molar-refractivity contribution in [2.75, 3.05) is 6.61 Å². The van der Waals surface area contributed by atoms with E-state index in [2.05, 4.69) is 5.10 Å². The number of aromatic nitrogens is 2. The first-order chi connectivity index (χ1) is 10.0. The summed E-state index contributed by atoms with van der Waals surface area (Å²) in [5, 5.41) is 4.47. The second-order valence-electron chi connectivity index (χ2n) is 4.82. The zero-order valence-electron chi connectivity index (χ0n) is 12.9. The Balaban J connectivity index is 2.83. The predicted octanol–water partition coefficient (Wildman–Crippen LogP) is 2.97. The number of hydrogen-bond donors (Lipinski definition) is 0. The van der Waals surface area contributed by atoms with E-state index >= 15 is 0 Å². The maximum Gasteiger partial charge on any atom is 0.342 e. The van der Waals surface area contributed by atoms with Gasteiger partial charge in [0.2, 0.25) is 0 Å². The second kappa shape index (κ2) is 6.08. The SMILES string of the molecule is CCOC(=O)c1c(CC)nn2c(C)ccc(C(=O)CC)c12. The minimum atomic E-state index is -0.417. The smallest absolute Gasteiger partial charge is 0.342 e. The lowest BCUT2D eigenvalue weighted by Crippen LogP contribution is -2.09. The number of esters is 1. The van der Waals surface area contributed by atoms with Gasteiger partial charge in [0.1, 0.15) is 5.56 Å². The van der Waals surface area contributed by atoms with Crippen molar-refractivity contribution in [3.63, 3.8) is 0 Å². The summed E-state index contributed by atoms with van der Waals surface area (Å²) >= 11 is 0. The van der Waals surface area contributed by atoms with Crippen LogP contribution in [0.25, 0.3) is 5.52 Å². The van der Waals surface area contributed by atoms with Crippen LogP contribution >= 0.6 is 0 Å². The highest BCUT2D eigenvalue weighted by atomic mass is 16.5. The van der Waals surface area contributed by atoms with Crippen LogP contribution in [0.5, 0.6) is 0 Å². The number of ether oxygens (including phenoxy) is 1. The Labute approximate surface area is 123 Å². The molecule has 0 saturated heterocycles. The summed E-state index contributed by atoms with van der Waals surface area (Å²) in [7, 11) is 0. The van der Waals surface area contributed by atoms with Crippen LogP contribution in [0.3, 0.4) is 0 Å². The normalized spacial score (nSPS) is 10.9. The van der Waals surface area contributed by atoms with Crippen molar-refractivity contribution in [3.8, 4) is 0 Å². The number of hydrogen-bond acceptors (Lipinski definition) is 4. The van der Waals surface area contributed by atoms with Gasteiger partial charge in [-0.1, -0.05) is 13.8 Å². The summed E-state index contributed by atoms with van der Waals surface area (Å²) in [5.41, 5.74) is 3.05. The minimum absolute atomic E-state index is 0.00639. The fraction of sp³-hybridized carbons (Fsp3) is 0.438. The molecule has 2 rings (SSSR count). The van der Waals surface area contributed by atoms with Gasteiger partial charge < -0.3 is 4.74 Å². The van der Waals surface area contributed by atoms with Crippen LogP contribution in [-0.4, -0.2) is 28.0 Å². The Morgan fingerprint density at radius 3 is 2.52 bits per heavy atom. The number of pyridine rings is 1. The van der Waals surface area contributed by atoms with Gasteiger partial charge in [-0.25, -0.2) is 9.31 Å². The number of rotatable bonds is 5. The molecule has 5 heteroatoms. The molecule has 0 aliphatic heterocycles. The van der Waals surface area contributed by atoms with Gasteiger partial charge in [0.25, 0.3) is 0 Å². The van der Waals surface area contributed by atoms with E-state index in [0.717, 1.165) is 5.69 Å². The topological polar surface area (TPSA) is 60.7 Å². The first kappa shape index (κ1) is 15.2. The minimum Gasteiger partial charge on any atom is -0.462 e. The molecule has 0 N–H and O–H groups in total. The maximum atomic E-state index is 12.3. The number of Topliss-reactive ketones (excluding diaryl/α,β-unsaturated/α-hetero) is 1. The largest absolute Gasteiger partial charge is 0.462 e. The number of ketones is 1. The van der Waals surface area contributed by atoms with E-state index in [0.29, 0.717) is 41.8 Å². The van der Waals surface area contributed by atoms with Crippen molar-refractivity contribution in [1.29, 1.82) is 0 Å². The Kier molecular flexibility index (Phi) is 4.40. The molecule has 0 aliphatic carbocycles. The number of carbonyl (C=O) groups excluding carboxylic acids is 2. The van der Waals surface area contributed by atoms with E-state index in [-0.39, 0.29) is 5.78 Å². The fourth-order valence-electron chi connectivity index (χ4n) is 2.40. The third-order valence-corrected chi connectivity index (χ3v) is 3.47. The zero-order valence-corrected chi connectivity index (χ0v) is 12.9. The Morgan fingerprint density at radius 2 is 1.95 bits per heavy atom. The zero-order chi connectivity index (χ0) is 15.6. The molecule has 0 radical (unpaired) electrons. The summed E-state index contributed by atoms with van der Waals surface area (Å²) < 4.78 is 6.82. The highest BCUT2D eigenvalue weighted by molar-refractivity contribution is 6.09. The molecule has 0 atom stereocenters. The van der Waals surface area contributed by atoms with Crippen LogP contribution in [0.15, 0.2) is 12.1 Å². The molecular weight excluding hydrogens is 268 g/mol. The maximum absolute atomic E-state index is 12.3. The van der Waals surface area contributed by atoms with Gasteiger partial charge >= 0.3 is 5.97 Å². The molecule has 112 valence electrons. The van der Waals surface area contributed by atoms with Crippen molar-refractivity contribution in [2.24, 2.45) is 0 Å². The Hall–Kier alpha value is -2.17. The Morgan fingerprint density at radius 1 is 1.24 bits per heavy atom. The summed E-state index contributed by atoms with van der Waals surface area (Å²) in [6.07, 6.45) is 0.989. The van der Waals surface area contributed by atoms with Gasteiger partial charge in [-0.3, -0.25) is 4.79 Å². The van der Waals surface area contributed by atoms with Gasteiger partial charge in [0.05, 0.1) is 17.8 Å². The van der Waals surface area contributed by atoms with E-state index < -0.39 is 5.97 Å². The number of fused-ring (bicyclic) bond motifs is 1. The van der Waals surface area contributed by atoms with Crippen LogP contribution < -0.4 is 0 Å². The van der Waals surface area contributed by atoms with Crippen LogP contribution in [0.4, 0.5) is 0 Å². The first-order valence-electron chi connectivity index (χ1n) is 7.26. The highest BCUT2D eigenvalue weighted by Gasteiger charge is 2.24. The molecule has 0 unspecified atom stereocenters. The highest BCUT2D eigenvalue weighted by Crippen LogP contribution is 2.24. The second-order valence-corrected chi connectivity index (χ2v) is 4.82. The molecule has 0 saturated carbocycles. The van der Waals surface area contributed by atoms with Gasteiger partial charge in [-0.2, -0.15) is 5.10 Å². The molecule has 0 amide bonds. The molecule has 2 heterocycles. The molecule has 21 heavy (non-hydrogen) atoms. The van der Waals surface area contributed by atoms with Crippen molar-refractivity contribution >= 4 is 17.3 Å². The van der Waals surface area contributed by atoms with Crippen molar-refractivity contribution in [3.05, 3.63) is 34.6 Å². The molecule has 0 bridgehead atoms. The van der Waals surface area contributed by atoms with Crippen LogP contribution in [0.2, 0.25) is 0 Å². The van der Waals surface area contributed by atoms with Crippen LogP contribution in [0.1, 0.15) is 59.3 Å². The lowest BCUT2D eigenvalue weighted by atomic mass is 10.0. The standard InChI is InChI=1S/C16H20N2O3/c1-5-12-14(16(20)21-7-3)15-11(13(19)6-2)9-8-10(4)18(15)17-12/h8-9H,5-7H2,1-4H3. The third-order valence-electron chi connectivity index (χ3n) is 3.47. The lowest BCUT2D eigenvalue weighted by molar-refractivity contribution is 0.0527. The molecule has 0 aliphatic rings. The Bertz CT molecular complexity index is 701. The van der Waals surface area contributed by atoms with Gasteiger partial charge in [-0.15, -0.1) is 0 Å². The molecule has 2 aromatic rings. The van der Waals surface area contributed by atoms with Crippen LogP contribution in [-0.2, 0) is 11.2 Å². The summed E-state index contributed by atoms with van der Waals surface area (Å²) in [5.74, 6) is -0.423. The fourth-order valence-corrected chi connectivity index (χ4v) is 2.40. The average molecular weight is 288 g/mol. The monoisotopic (exact) mass is 288 g/mol. The van der Waals surface area contributed by atoms with Gasteiger partial charge in [0.15, 0.2) is 5.78 Å². The summed E-state index contributed by atoms with van der Waals surface area (Å²) in [6.45, 7) is 7.69. The number of nitrogens with zero attached hydrogens (tertiary/aromatic N) is 2. The summed E-state index contributed by atoms with van der Waals surface area (Å²) in [6, 6.07) is 3.61. The van der Waals surface area contributed by atoms with E-state index in [1.54, 1.807) is 24.4 Å². The number of carbonyl (C=O) groups is 2. The quantitative estimate of drug-likeness (QED) is 0.627. The lowest BCUT2D eigenvalue weighted by Gasteiger charge is -2.07. The number of aryl methyl sites for hydroxylation is 2. The first-order valence-corrected chi connectivity index (χ1v) is 7.26. The van der Waals surface area contributed by atoms with Gasteiger partial charge in [0, 0.05) is 17.7 Å². The predicted molar refractivity (Wildman–Crippen MR) is 79.9 cm³/mol. The van der Waals surface area contributed by atoms with Crippen molar-refractivity contribution in [1.82, 2.24) is 9.61 Å². The van der Waals surface area contributed by atoms with E-state index in [4.69, 9.17) is 4.74 Å². The average Bonchev–Trinajstić information content (AvgIpc) is 2.87. The van der Waals surface area contributed by atoms with E-state index in [1.165, 1.54) is 0 Å². The van der Waals surface area contributed by atoms with E-state index in [9.17, 15) is 9.59 Å². The molecule has 0 fully saturated rings. The van der Waals surface area contributed by atoms with Crippen molar-refractivity contribution < 1.29 is 14.3 Å².